The van der Waals surface area contributed by atoms with Gasteiger partial charge in [0.25, 0.3) is 0 Å². The van der Waals surface area contributed by atoms with Gasteiger partial charge >= 0.3 is 0 Å². The van der Waals surface area contributed by atoms with E-state index in [9.17, 15) is 0 Å². The SMILES string of the molecule is C[N+](C)(CCO)CCOCCO. The van der Waals surface area contributed by atoms with E-state index in [1.807, 2.05) is 14.1 Å². The molecule has 0 aromatic heterocycles. The van der Waals surface area contributed by atoms with Crippen LogP contribution in [0.5, 0.6) is 0 Å². The maximum atomic E-state index is 8.71. The third kappa shape index (κ3) is 6.54. The highest BCUT2D eigenvalue weighted by molar-refractivity contribution is 4.34. The minimum absolute atomic E-state index is 0.0768. The van der Waals surface area contributed by atoms with E-state index in [-0.39, 0.29) is 13.2 Å². The molecule has 0 aliphatic carbocycles. The summed E-state index contributed by atoms with van der Waals surface area (Å²) in [5.41, 5.74) is 0. The second kappa shape index (κ2) is 6.37. The van der Waals surface area contributed by atoms with Crippen molar-refractivity contribution in [1.82, 2.24) is 0 Å². The molecule has 0 spiro atoms. The van der Waals surface area contributed by atoms with Gasteiger partial charge in [-0.05, 0) is 0 Å². The van der Waals surface area contributed by atoms with Crippen molar-refractivity contribution in [3.05, 3.63) is 0 Å². The topological polar surface area (TPSA) is 49.7 Å². The van der Waals surface area contributed by atoms with Crippen molar-refractivity contribution < 1.29 is 19.4 Å². The van der Waals surface area contributed by atoms with Crippen LogP contribution < -0.4 is 0 Å². The predicted molar refractivity (Wildman–Crippen MR) is 46.8 cm³/mol. The molecule has 0 aliphatic heterocycles. The molecule has 12 heavy (non-hydrogen) atoms. The maximum Gasteiger partial charge on any atom is 0.102 e. The monoisotopic (exact) mass is 178 g/mol. The molecule has 0 aliphatic rings. The fourth-order valence-electron chi connectivity index (χ4n) is 0.861. The van der Waals surface area contributed by atoms with Gasteiger partial charge in [-0.25, -0.2) is 0 Å². The first-order valence-electron chi connectivity index (χ1n) is 4.24. The molecule has 0 heterocycles. The van der Waals surface area contributed by atoms with E-state index in [0.29, 0.717) is 13.2 Å². The molecule has 0 amide bonds. The van der Waals surface area contributed by atoms with E-state index in [1.165, 1.54) is 0 Å². The smallest absolute Gasteiger partial charge is 0.102 e. The van der Waals surface area contributed by atoms with Crippen LogP contribution in [-0.2, 0) is 4.74 Å². The zero-order valence-corrected chi connectivity index (χ0v) is 7.99. The second-order valence-electron chi connectivity index (χ2n) is 3.44. The van der Waals surface area contributed by atoms with E-state index in [2.05, 4.69) is 0 Å². The zero-order chi connectivity index (χ0) is 9.45. The molecular weight excluding hydrogens is 158 g/mol. The van der Waals surface area contributed by atoms with Gasteiger partial charge < -0.3 is 19.4 Å². The van der Waals surface area contributed by atoms with Crippen LogP contribution in [0.4, 0.5) is 0 Å². The largest absolute Gasteiger partial charge is 0.394 e. The van der Waals surface area contributed by atoms with E-state index >= 15 is 0 Å². The molecular formula is C8H20NO3+. The highest BCUT2D eigenvalue weighted by Gasteiger charge is 2.12. The Morgan fingerprint density at radius 3 is 2.17 bits per heavy atom. The van der Waals surface area contributed by atoms with Gasteiger partial charge in [-0.1, -0.05) is 0 Å². The van der Waals surface area contributed by atoms with Crippen LogP contribution in [0.1, 0.15) is 0 Å². The van der Waals surface area contributed by atoms with E-state index in [4.69, 9.17) is 14.9 Å². The molecule has 0 saturated heterocycles. The summed E-state index contributed by atoms with van der Waals surface area (Å²) in [4.78, 5) is 0. The van der Waals surface area contributed by atoms with Crippen LogP contribution >= 0.6 is 0 Å². The summed E-state index contributed by atoms with van der Waals surface area (Å²) < 4.78 is 5.87. The molecule has 0 saturated carbocycles. The quantitative estimate of drug-likeness (QED) is 0.391. The van der Waals surface area contributed by atoms with E-state index in [0.717, 1.165) is 17.6 Å². The molecule has 0 rings (SSSR count). The van der Waals surface area contributed by atoms with Gasteiger partial charge in [-0.3, -0.25) is 0 Å². The van der Waals surface area contributed by atoms with Crippen molar-refractivity contribution in [2.24, 2.45) is 0 Å². The molecule has 2 N–H and O–H groups in total. The third-order valence-electron chi connectivity index (χ3n) is 1.78. The Morgan fingerprint density at radius 1 is 1.00 bits per heavy atom. The first-order valence-corrected chi connectivity index (χ1v) is 4.24. The van der Waals surface area contributed by atoms with Crippen molar-refractivity contribution in [3.63, 3.8) is 0 Å². The van der Waals surface area contributed by atoms with Crippen LogP contribution in [0.15, 0.2) is 0 Å². The first-order chi connectivity index (χ1) is 5.62. The summed E-state index contributed by atoms with van der Waals surface area (Å²) in [7, 11) is 4.08. The van der Waals surface area contributed by atoms with Crippen LogP contribution in [-0.4, -0.2) is 68.3 Å². The summed E-state index contributed by atoms with van der Waals surface area (Å²) in [5, 5.41) is 17.1. The molecule has 0 aromatic carbocycles. The molecule has 4 nitrogen and oxygen atoms in total. The van der Waals surface area contributed by atoms with E-state index < -0.39 is 0 Å². The van der Waals surface area contributed by atoms with Gasteiger partial charge in [0.2, 0.25) is 0 Å². The lowest BCUT2D eigenvalue weighted by atomic mass is 10.4. The number of hydrogen-bond acceptors (Lipinski definition) is 3. The number of aliphatic hydroxyl groups is 2. The summed E-state index contributed by atoms with van der Waals surface area (Å²) in [5.74, 6) is 0. The Balaban J connectivity index is 3.33. The molecule has 0 atom stereocenters. The zero-order valence-electron chi connectivity index (χ0n) is 7.99. The molecule has 0 aromatic rings. The molecule has 0 unspecified atom stereocenters. The normalized spacial score (nSPS) is 12.0. The fraction of sp³-hybridized carbons (Fsp3) is 1.00. The molecule has 4 heteroatoms. The van der Waals surface area contributed by atoms with E-state index in [1.54, 1.807) is 0 Å². The minimum Gasteiger partial charge on any atom is -0.394 e. The van der Waals surface area contributed by atoms with Crippen LogP contribution in [0, 0.1) is 0 Å². The van der Waals surface area contributed by atoms with Crippen LogP contribution in [0.3, 0.4) is 0 Å². The summed E-state index contributed by atoms with van der Waals surface area (Å²) in [6, 6.07) is 0. The Kier molecular flexibility index (Phi) is 6.28. The average molecular weight is 178 g/mol. The van der Waals surface area contributed by atoms with Crippen molar-refractivity contribution in [2.75, 3.05) is 53.6 Å². The summed E-state index contributed by atoms with van der Waals surface area (Å²) >= 11 is 0. The van der Waals surface area contributed by atoms with Gasteiger partial charge in [0.05, 0.1) is 40.5 Å². The van der Waals surface area contributed by atoms with Gasteiger partial charge in [0.1, 0.15) is 13.1 Å². The molecule has 0 radical (unpaired) electrons. The van der Waals surface area contributed by atoms with Crippen LogP contribution in [0.25, 0.3) is 0 Å². The number of quaternary nitrogens is 1. The Bertz CT molecular complexity index is 106. The lowest BCUT2D eigenvalue weighted by Crippen LogP contribution is -2.44. The van der Waals surface area contributed by atoms with Gasteiger partial charge in [-0.2, -0.15) is 0 Å². The Labute approximate surface area is 74.0 Å². The van der Waals surface area contributed by atoms with Gasteiger partial charge in [-0.15, -0.1) is 0 Å². The number of aliphatic hydroxyl groups excluding tert-OH is 2. The summed E-state index contributed by atoms with van der Waals surface area (Å²) in [6.07, 6.45) is 0. The second-order valence-corrected chi connectivity index (χ2v) is 3.44. The van der Waals surface area contributed by atoms with Gasteiger partial charge in [0, 0.05) is 0 Å². The average Bonchev–Trinajstić information content (AvgIpc) is 1.98. The number of rotatable bonds is 7. The Morgan fingerprint density at radius 2 is 1.67 bits per heavy atom. The number of likely N-dealkylation sites (N-methyl/N-ethyl adjacent to an activating group) is 1. The predicted octanol–water partition coefficient (Wildman–Crippen LogP) is -0.936. The number of hydrogen-bond donors (Lipinski definition) is 2. The standard InChI is InChI=1S/C8H20NO3/c1-9(2,3-5-10)4-7-12-8-6-11/h10-11H,3-8H2,1-2H3/q+1. The van der Waals surface area contributed by atoms with Gasteiger partial charge in [0.15, 0.2) is 0 Å². The minimum atomic E-state index is 0.0768. The van der Waals surface area contributed by atoms with Crippen molar-refractivity contribution in [2.45, 2.75) is 0 Å². The fourth-order valence-corrected chi connectivity index (χ4v) is 0.861. The number of ether oxygens (including phenoxy) is 1. The molecule has 74 valence electrons. The Hall–Kier alpha value is -0.160. The highest BCUT2D eigenvalue weighted by atomic mass is 16.5. The van der Waals surface area contributed by atoms with Crippen molar-refractivity contribution in [1.29, 1.82) is 0 Å². The first kappa shape index (κ1) is 11.8. The summed E-state index contributed by atoms with van der Waals surface area (Å²) in [6.45, 7) is 2.91. The molecule has 0 fully saturated rings. The molecule has 0 bridgehead atoms. The number of nitrogens with zero attached hydrogens (tertiary/aromatic N) is 1. The maximum absolute atomic E-state index is 8.71. The van der Waals surface area contributed by atoms with Crippen molar-refractivity contribution >= 4 is 0 Å². The lowest BCUT2D eigenvalue weighted by Gasteiger charge is -2.28. The van der Waals surface area contributed by atoms with Crippen molar-refractivity contribution in [3.8, 4) is 0 Å². The highest BCUT2D eigenvalue weighted by Crippen LogP contribution is 1.94. The third-order valence-corrected chi connectivity index (χ3v) is 1.78. The lowest BCUT2D eigenvalue weighted by molar-refractivity contribution is -0.891. The van der Waals surface area contributed by atoms with Crippen LogP contribution in [0.2, 0.25) is 0 Å².